The number of thiophene rings is 1. The van der Waals surface area contributed by atoms with E-state index in [1.54, 1.807) is 0 Å². The second-order valence-electron chi connectivity index (χ2n) is 3.71. The van der Waals surface area contributed by atoms with Crippen LogP contribution in [0.2, 0.25) is 0 Å². The Balaban J connectivity index is 1.96. The fraction of sp³-hybridized carbons (Fsp3) is 0.308. The molecule has 84 valence electrons. The van der Waals surface area contributed by atoms with Crippen molar-refractivity contribution in [2.75, 3.05) is 7.05 Å². The van der Waals surface area contributed by atoms with Gasteiger partial charge in [-0.1, -0.05) is 12.1 Å². The van der Waals surface area contributed by atoms with Gasteiger partial charge in [0.05, 0.1) is 5.69 Å². The highest BCUT2D eigenvalue weighted by molar-refractivity contribution is 7.09. The van der Waals surface area contributed by atoms with Crippen LogP contribution in [0.3, 0.4) is 0 Å². The molecule has 1 atom stereocenters. The van der Waals surface area contributed by atoms with Crippen LogP contribution >= 0.6 is 11.3 Å². The Morgan fingerprint density at radius 2 is 2.25 bits per heavy atom. The summed E-state index contributed by atoms with van der Waals surface area (Å²) in [7, 11) is 1.99. The molecule has 2 nitrogen and oxygen atoms in total. The molecule has 0 aliphatic carbocycles. The van der Waals surface area contributed by atoms with Crippen molar-refractivity contribution in [3.8, 4) is 0 Å². The molecule has 1 N–H and O–H groups in total. The first kappa shape index (κ1) is 11.3. The van der Waals surface area contributed by atoms with Gasteiger partial charge in [-0.3, -0.25) is 4.98 Å². The lowest BCUT2D eigenvalue weighted by Gasteiger charge is -2.14. The maximum Gasteiger partial charge on any atom is 0.0573 e. The summed E-state index contributed by atoms with van der Waals surface area (Å²) in [4.78, 5) is 5.83. The van der Waals surface area contributed by atoms with E-state index in [-0.39, 0.29) is 0 Å². The third-order valence-corrected chi connectivity index (χ3v) is 3.59. The van der Waals surface area contributed by atoms with Gasteiger partial charge in [-0.25, -0.2) is 0 Å². The van der Waals surface area contributed by atoms with Crippen LogP contribution in [-0.4, -0.2) is 12.0 Å². The second-order valence-corrected chi connectivity index (χ2v) is 4.75. The van der Waals surface area contributed by atoms with E-state index in [0.29, 0.717) is 6.04 Å². The summed E-state index contributed by atoms with van der Waals surface area (Å²) in [5, 5.41) is 5.45. The number of rotatable bonds is 5. The van der Waals surface area contributed by atoms with Gasteiger partial charge in [0.15, 0.2) is 0 Å². The molecule has 0 bridgehead atoms. The van der Waals surface area contributed by atoms with Crippen LogP contribution < -0.4 is 5.32 Å². The zero-order valence-corrected chi connectivity index (χ0v) is 10.2. The van der Waals surface area contributed by atoms with Crippen molar-refractivity contribution in [2.24, 2.45) is 0 Å². The first-order valence-electron chi connectivity index (χ1n) is 5.50. The molecule has 2 rings (SSSR count). The first-order chi connectivity index (χ1) is 7.90. The summed E-state index contributed by atoms with van der Waals surface area (Å²) in [5.74, 6) is 0. The van der Waals surface area contributed by atoms with E-state index in [2.05, 4.69) is 33.9 Å². The van der Waals surface area contributed by atoms with Crippen LogP contribution in [0.25, 0.3) is 0 Å². The lowest BCUT2D eigenvalue weighted by atomic mass is 10.1. The highest BCUT2D eigenvalue weighted by atomic mass is 32.1. The lowest BCUT2D eigenvalue weighted by Crippen LogP contribution is -2.18. The molecule has 2 heterocycles. The Morgan fingerprint density at radius 3 is 2.88 bits per heavy atom. The van der Waals surface area contributed by atoms with E-state index in [9.17, 15) is 0 Å². The largest absolute Gasteiger partial charge is 0.312 e. The quantitative estimate of drug-likeness (QED) is 0.857. The summed E-state index contributed by atoms with van der Waals surface area (Å²) in [6.45, 7) is 0. The third kappa shape index (κ3) is 2.90. The van der Waals surface area contributed by atoms with Gasteiger partial charge in [-0.2, -0.15) is 0 Å². The van der Waals surface area contributed by atoms with Gasteiger partial charge in [-0.15, -0.1) is 11.3 Å². The van der Waals surface area contributed by atoms with Crippen LogP contribution in [0.1, 0.15) is 23.0 Å². The van der Waals surface area contributed by atoms with Gasteiger partial charge in [-0.05, 0) is 43.5 Å². The standard InChI is InChI=1S/C13H16N2S/c1-14-12(13-6-2-3-9-15-13)8-7-11-5-4-10-16-11/h2-6,9-10,12,14H,7-8H2,1H3. The minimum Gasteiger partial charge on any atom is -0.312 e. The molecule has 0 aliphatic rings. The third-order valence-electron chi connectivity index (χ3n) is 2.65. The number of aryl methyl sites for hydroxylation is 1. The average molecular weight is 232 g/mol. The minimum atomic E-state index is 0.350. The van der Waals surface area contributed by atoms with Crippen LogP contribution in [0.15, 0.2) is 41.9 Å². The van der Waals surface area contributed by atoms with Crippen molar-refractivity contribution in [2.45, 2.75) is 18.9 Å². The number of hydrogen-bond acceptors (Lipinski definition) is 3. The molecule has 0 radical (unpaired) electrons. The number of nitrogens with one attached hydrogen (secondary N) is 1. The summed E-state index contributed by atoms with van der Waals surface area (Å²) >= 11 is 1.82. The van der Waals surface area contributed by atoms with Gasteiger partial charge in [0.25, 0.3) is 0 Å². The Labute approximate surface area is 100 Å². The molecule has 0 saturated heterocycles. The molecule has 0 amide bonds. The summed E-state index contributed by atoms with van der Waals surface area (Å²) < 4.78 is 0. The van der Waals surface area contributed by atoms with Gasteiger partial charge in [0, 0.05) is 17.1 Å². The summed E-state index contributed by atoms with van der Waals surface area (Å²) in [6.07, 6.45) is 4.05. The van der Waals surface area contributed by atoms with E-state index < -0.39 is 0 Å². The summed E-state index contributed by atoms with van der Waals surface area (Å²) in [6, 6.07) is 10.7. The van der Waals surface area contributed by atoms with Crippen LogP contribution in [0.4, 0.5) is 0 Å². The smallest absolute Gasteiger partial charge is 0.0573 e. The number of nitrogens with zero attached hydrogens (tertiary/aromatic N) is 1. The fourth-order valence-electron chi connectivity index (χ4n) is 1.76. The van der Waals surface area contributed by atoms with Gasteiger partial charge < -0.3 is 5.32 Å². The predicted molar refractivity (Wildman–Crippen MR) is 68.7 cm³/mol. The van der Waals surface area contributed by atoms with E-state index in [1.165, 1.54) is 4.88 Å². The zero-order valence-electron chi connectivity index (χ0n) is 9.39. The van der Waals surface area contributed by atoms with Crippen LogP contribution in [0, 0.1) is 0 Å². The number of aromatic nitrogens is 1. The second kappa shape index (κ2) is 5.77. The fourth-order valence-corrected chi connectivity index (χ4v) is 2.49. The van der Waals surface area contributed by atoms with E-state index in [4.69, 9.17) is 0 Å². The average Bonchev–Trinajstić information content (AvgIpc) is 2.84. The highest BCUT2D eigenvalue weighted by Gasteiger charge is 2.09. The highest BCUT2D eigenvalue weighted by Crippen LogP contribution is 2.18. The van der Waals surface area contributed by atoms with Crippen molar-refractivity contribution in [3.63, 3.8) is 0 Å². The molecule has 0 aliphatic heterocycles. The van der Waals surface area contributed by atoms with Crippen molar-refractivity contribution in [1.82, 2.24) is 10.3 Å². The molecule has 0 fully saturated rings. The van der Waals surface area contributed by atoms with Gasteiger partial charge in [0.1, 0.15) is 0 Å². The van der Waals surface area contributed by atoms with E-state index >= 15 is 0 Å². The number of hydrogen-bond donors (Lipinski definition) is 1. The number of pyridine rings is 1. The zero-order chi connectivity index (χ0) is 11.2. The van der Waals surface area contributed by atoms with Crippen LogP contribution in [-0.2, 0) is 6.42 Å². The Bertz CT molecular complexity index is 397. The van der Waals surface area contributed by atoms with Crippen molar-refractivity contribution in [1.29, 1.82) is 0 Å². The van der Waals surface area contributed by atoms with Crippen molar-refractivity contribution in [3.05, 3.63) is 52.5 Å². The van der Waals surface area contributed by atoms with E-state index in [0.717, 1.165) is 18.5 Å². The normalized spacial score (nSPS) is 12.6. The molecular formula is C13H16N2S. The predicted octanol–water partition coefficient (Wildman–Crippen LogP) is 3.04. The Kier molecular flexibility index (Phi) is 4.08. The van der Waals surface area contributed by atoms with Gasteiger partial charge in [0.2, 0.25) is 0 Å². The molecule has 16 heavy (non-hydrogen) atoms. The summed E-state index contributed by atoms with van der Waals surface area (Å²) in [5.41, 5.74) is 1.13. The monoisotopic (exact) mass is 232 g/mol. The molecule has 2 aromatic heterocycles. The first-order valence-corrected chi connectivity index (χ1v) is 6.38. The molecule has 0 spiro atoms. The molecule has 3 heteroatoms. The van der Waals surface area contributed by atoms with Crippen molar-refractivity contribution < 1.29 is 0 Å². The molecule has 2 aromatic rings. The maximum atomic E-state index is 4.39. The molecule has 0 aromatic carbocycles. The Morgan fingerprint density at radius 1 is 1.31 bits per heavy atom. The van der Waals surface area contributed by atoms with E-state index in [1.807, 2.05) is 36.7 Å². The topological polar surface area (TPSA) is 24.9 Å². The Hall–Kier alpha value is -1.19. The molecule has 0 saturated carbocycles. The molecular weight excluding hydrogens is 216 g/mol. The minimum absolute atomic E-state index is 0.350. The van der Waals surface area contributed by atoms with Gasteiger partial charge >= 0.3 is 0 Å². The maximum absolute atomic E-state index is 4.39. The van der Waals surface area contributed by atoms with Crippen molar-refractivity contribution >= 4 is 11.3 Å². The lowest BCUT2D eigenvalue weighted by molar-refractivity contribution is 0.538. The molecule has 1 unspecified atom stereocenters. The SMILES string of the molecule is CNC(CCc1cccs1)c1ccccn1. The van der Waals surface area contributed by atoms with Crippen LogP contribution in [0.5, 0.6) is 0 Å².